The van der Waals surface area contributed by atoms with Crippen molar-refractivity contribution in [2.45, 2.75) is 32.2 Å². The van der Waals surface area contributed by atoms with Crippen LogP contribution in [0.3, 0.4) is 0 Å². The zero-order valence-electron chi connectivity index (χ0n) is 16.4. The molecule has 0 aliphatic heterocycles. The van der Waals surface area contributed by atoms with Gasteiger partial charge in [-0.05, 0) is 66.1 Å². The van der Waals surface area contributed by atoms with Crippen molar-refractivity contribution in [1.29, 1.82) is 0 Å². The van der Waals surface area contributed by atoms with Crippen molar-refractivity contribution in [2.24, 2.45) is 5.92 Å². The third kappa shape index (κ3) is 4.74. The summed E-state index contributed by atoms with van der Waals surface area (Å²) in [5, 5.41) is 8.08. The van der Waals surface area contributed by atoms with Gasteiger partial charge in [0.25, 0.3) is 5.91 Å². The van der Waals surface area contributed by atoms with Crippen LogP contribution in [0.2, 0.25) is 0 Å². The molecule has 0 radical (unpaired) electrons. The molecular formula is C24H24N2O2S. The molecular weight excluding hydrogens is 380 g/mol. The molecule has 1 aromatic heterocycles. The third-order valence-electron chi connectivity index (χ3n) is 5.19. The van der Waals surface area contributed by atoms with E-state index in [-0.39, 0.29) is 23.8 Å². The van der Waals surface area contributed by atoms with Gasteiger partial charge in [-0.25, -0.2) is 0 Å². The van der Waals surface area contributed by atoms with Crippen LogP contribution in [-0.2, 0) is 11.2 Å². The van der Waals surface area contributed by atoms with E-state index >= 15 is 0 Å². The number of anilines is 1. The summed E-state index contributed by atoms with van der Waals surface area (Å²) in [6.45, 7) is 2.13. The number of aryl methyl sites for hydroxylation is 1. The van der Waals surface area contributed by atoms with Gasteiger partial charge in [-0.2, -0.15) is 0 Å². The number of nitrogens with one attached hydrogen (secondary N) is 2. The first-order chi connectivity index (χ1) is 14.1. The predicted octanol–water partition coefficient (Wildman–Crippen LogP) is 5.18. The molecule has 2 aromatic carbocycles. The highest BCUT2D eigenvalue weighted by Crippen LogP contribution is 2.30. The van der Waals surface area contributed by atoms with Gasteiger partial charge in [0.1, 0.15) is 0 Å². The number of carbonyl (C=O) groups excluding carboxylic acids is 2. The maximum Gasteiger partial charge on any atom is 0.252 e. The summed E-state index contributed by atoms with van der Waals surface area (Å²) >= 11 is 1.63. The van der Waals surface area contributed by atoms with Crippen LogP contribution in [0, 0.1) is 5.92 Å². The van der Waals surface area contributed by atoms with E-state index in [1.165, 1.54) is 5.56 Å². The topological polar surface area (TPSA) is 58.2 Å². The smallest absolute Gasteiger partial charge is 0.252 e. The van der Waals surface area contributed by atoms with Gasteiger partial charge in [0, 0.05) is 22.0 Å². The molecule has 1 aliphatic rings. The highest BCUT2D eigenvalue weighted by molar-refractivity contribution is 7.10. The molecule has 148 valence electrons. The summed E-state index contributed by atoms with van der Waals surface area (Å²) in [4.78, 5) is 25.9. The molecule has 0 saturated heterocycles. The normalized spacial score (nSPS) is 14.2. The Morgan fingerprint density at radius 1 is 1.03 bits per heavy atom. The number of benzene rings is 2. The van der Waals surface area contributed by atoms with Crippen molar-refractivity contribution in [3.05, 3.63) is 87.6 Å². The molecule has 1 aliphatic carbocycles. The lowest BCUT2D eigenvalue weighted by Crippen LogP contribution is -2.28. The van der Waals surface area contributed by atoms with E-state index in [1.807, 2.05) is 17.5 Å². The van der Waals surface area contributed by atoms with Crippen molar-refractivity contribution >= 4 is 28.8 Å². The fourth-order valence-corrected chi connectivity index (χ4v) is 4.03. The van der Waals surface area contributed by atoms with Crippen LogP contribution in [0.15, 0.2) is 66.0 Å². The van der Waals surface area contributed by atoms with Crippen LogP contribution in [0.5, 0.6) is 0 Å². The fraction of sp³-hybridized carbons (Fsp3) is 0.250. The molecule has 4 rings (SSSR count). The zero-order valence-corrected chi connectivity index (χ0v) is 17.2. The minimum atomic E-state index is -0.192. The molecule has 0 bridgehead atoms. The predicted molar refractivity (Wildman–Crippen MR) is 117 cm³/mol. The van der Waals surface area contributed by atoms with Gasteiger partial charge < -0.3 is 10.6 Å². The van der Waals surface area contributed by atoms with E-state index in [4.69, 9.17) is 0 Å². The maximum absolute atomic E-state index is 12.9. The van der Waals surface area contributed by atoms with Gasteiger partial charge in [-0.15, -0.1) is 11.3 Å². The highest BCUT2D eigenvalue weighted by Gasteiger charge is 2.29. The first-order valence-corrected chi connectivity index (χ1v) is 10.9. The number of carbonyl (C=O) groups is 2. The van der Waals surface area contributed by atoms with Crippen molar-refractivity contribution in [1.82, 2.24) is 5.32 Å². The number of rotatable bonds is 7. The largest absolute Gasteiger partial charge is 0.340 e. The Kier molecular flexibility index (Phi) is 5.76. The first-order valence-electron chi connectivity index (χ1n) is 9.98. The molecule has 4 nitrogen and oxygen atoms in total. The fourth-order valence-electron chi connectivity index (χ4n) is 3.23. The number of thiophene rings is 1. The average Bonchev–Trinajstić information content (AvgIpc) is 3.47. The third-order valence-corrected chi connectivity index (χ3v) is 6.12. The van der Waals surface area contributed by atoms with E-state index in [1.54, 1.807) is 35.6 Å². The minimum Gasteiger partial charge on any atom is -0.340 e. The average molecular weight is 405 g/mol. The summed E-state index contributed by atoms with van der Waals surface area (Å²) in [6.07, 6.45) is 2.92. The first kappa shape index (κ1) is 19.4. The van der Waals surface area contributed by atoms with Gasteiger partial charge in [0.05, 0.1) is 6.04 Å². The Morgan fingerprint density at radius 3 is 2.34 bits per heavy atom. The van der Waals surface area contributed by atoms with Crippen molar-refractivity contribution < 1.29 is 9.59 Å². The Balaban J connectivity index is 1.49. The minimum absolute atomic E-state index is 0.0653. The van der Waals surface area contributed by atoms with Gasteiger partial charge in [0.2, 0.25) is 5.91 Å². The lowest BCUT2D eigenvalue weighted by Gasteiger charge is -2.19. The molecule has 2 amide bonds. The van der Waals surface area contributed by atoms with Crippen LogP contribution in [0.1, 0.15) is 52.2 Å². The van der Waals surface area contributed by atoms with Gasteiger partial charge >= 0.3 is 0 Å². The van der Waals surface area contributed by atoms with Crippen LogP contribution >= 0.6 is 11.3 Å². The number of hydrogen-bond acceptors (Lipinski definition) is 3. The molecule has 2 N–H and O–H groups in total. The summed E-state index contributed by atoms with van der Waals surface area (Å²) in [7, 11) is 0. The van der Waals surface area contributed by atoms with Gasteiger partial charge in [0.15, 0.2) is 0 Å². The standard InChI is InChI=1S/C24H24N2O2S/c1-2-16-5-7-17(8-6-16)22(21-4-3-15-29-21)26-24(28)19-11-13-20(14-12-19)25-23(27)18-9-10-18/h3-8,11-15,18,22H,2,9-10H2,1H3,(H,25,27)(H,26,28). The summed E-state index contributed by atoms with van der Waals surface area (Å²) in [5.74, 6) is 0.0853. The van der Waals surface area contributed by atoms with Crippen LogP contribution in [0.4, 0.5) is 5.69 Å². The monoisotopic (exact) mass is 404 g/mol. The molecule has 5 heteroatoms. The Hall–Kier alpha value is -2.92. The molecule has 29 heavy (non-hydrogen) atoms. The SMILES string of the molecule is CCc1ccc(C(NC(=O)c2ccc(NC(=O)C3CC3)cc2)c2cccs2)cc1. The van der Waals surface area contributed by atoms with Crippen LogP contribution in [-0.4, -0.2) is 11.8 Å². The number of amides is 2. The zero-order chi connectivity index (χ0) is 20.2. The second kappa shape index (κ2) is 8.62. The summed E-state index contributed by atoms with van der Waals surface area (Å²) in [6, 6.07) is 19.3. The molecule has 1 unspecified atom stereocenters. The van der Waals surface area contributed by atoms with Crippen molar-refractivity contribution in [3.63, 3.8) is 0 Å². The van der Waals surface area contributed by atoms with Crippen molar-refractivity contribution in [2.75, 3.05) is 5.32 Å². The van der Waals surface area contributed by atoms with Gasteiger partial charge in [-0.1, -0.05) is 37.3 Å². The van der Waals surface area contributed by atoms with E-state index < -0.39 is 0 Å². The molecule has 3 aromatic rings. The van der Waals surface area contributed by atoms with E-state index in [2.05, 4.69) is 41.8 Å². The van der Waals surface area contributed by atoms with Crippen LogP contribution < -0.4 is 10.6 Å². The van der Waals surface area contributed by atoms with E-state index in [9.17, 15) is 9.59 Å². The molecule has 1 saturated carbocycles. The Labute approximate surface area is 175 Å². The van der Waals surface area contributed by atoms with Crippen LogP contribution in [0.25, 0.3) is 0 Å². The second-order valence-corrected chi connectivity index (χ2v) is 8.34. The quantitative estimate of drug-likeness (QED) is 0.570. The lowest BCUT2D eigenvalue weighted by atomic mass is 10.0. The molecule has 1 heterocycles. The summed E-state index contributed by atoms with van der Waals surface area (Å²) in [5.41, 5.74) is 3.63. The lowest BCUT2D eigenvalue weighted by molar-refractivity contribution is -0.117. The molecule has 1 atom stereocenters. The van der Waals surface area contributed by atoms with E-state index in [0.29, 0.717) is 5.56 Å². The second-order valence-electron chi connectivity index (χ2n) is 7.36. The Bertz CT molecular complexity index is 975. The Morgan fingerprint density at radius 2 is 1.76 bits per heavy atom. The van der Waals surface area contributed by atoms with Gasteiger partial charge in [-0.3, -0.25) is 9.59 Å². The van der Waals surface area contributed by atoms with Crippen molar-refractivity contribution in [3.8, 4) is 0 Å². The maximum atomic E-state index is 12.9. The highest BCUT2D eigenvalue weighted by atomic mass is 32.1. The number of hydrogen-bond donors (Lipinski definition) is 2. The molecule has 0 spiro atoms. The van der Waals surface area contributed by atoms with E-state index in [0.717, 1.165) is 35.4 Å². The summed E-state index contributed by atoms with van der Waals surface area (Å²) < 4.78 is 0. The molecule has 1 fully saturated rings.